The molecule has 3 heterocycles. The van der Waals surface area contributed by atoms with E-state index in [0.717, 1.165) is 27.9 Å². The van der Waals surface area contributed by atoms with Gasteiger partial charge in [0.2, 0.25) is 3.68 Å². The van der Waals surface area contributed by atoms with Crippen LogP contribution >= 0.6 is 22.6 Å². The predicted molar refractivity (Wildman–Crippen MR) is 124 cm³/mol. The summed E-state index contributed by atoms with van der Waals surface area (Å²) in [6, 6.07) is 7.43. The highest BCUT2D eigenvalue weighted by Crippen LogP contribution is 2.49. The summed E-state index contributed by atoms with van der Waals surface area (Å²) in [6.07, 6.45) is 0.412. The SMILES string of the molecule is C=C(Nc1ccn([C@@H]2O[C@H](CO)C(C)[C@@]2(F)I)c(=O)n1)c1ccc2c(c1)OC(C)(C)C2. The van der Waals surface area contributed by atoms with E-state index in [4.69, 9.17) is 9.47 Å². The molecule has 0 spiro atoms. The summed E-state index contributed by atoms with van der Waals surface area (Å²) in [6.45, 7) is 9.44. The molecule has 1 saturated heterocycles. The lowest BCUT2D eigenvalue weighted by atomic mass is 10.0. The van der Waals surface area contributed by atoms with E-state index in [-0.39, 0.29) is 18.0 Å². The van der Waals surface area contributed by atoms with Crippen LogP contribution in [0.2, 0.25) is 0 Å². The minimum atomic E-state index is -1.85. The number of anilines is 1. The van der Waals surface area contributed by atoms with Crippen LogP contribution in [0.4, 0.5) is 10.2 Å². The van der Waals surface area contributed by atoms with E-state index in [1.807, 2.05) is 32.0 Å². The van der Waals surface area contributed by atoms with Gasteiger partial charge in [-0.1, -0.05) is 25.6 Å². The van der Waals surface area contributed by atoms with Crippen molar-refractivity contribution in [2.45, 2.75) is 48.8 Å². The lowest BCUT2D eigenvalue weighted by Crippen LogP contribution is -2.36. The molecule has 0 bridgehead atoms. The molecule has 2 aliphatic heterocycles. The molecule has 31 heavy (non-hydrogen) atoms. The van der Waals surface area contributed by atoms with Crippen LogP contribution in [-0.4, -0.2) is 36.6 Å². The molecule has 1 aromatic carbocycles. The van der Waals surface area contributed by atoms with Crippen molar-refractivity contribution in [3.8, 4) is 5.75 Å². The summed E-state index contributed by atoms with van der Waals surface area (Å²) >= 11 is 1.63. The fourth-order valence-electron chi connectivity index (χ4n) is 3.96. The Bertz CT molecular complexity index is 1080. The van der Waals surface area contributed by atoms with Gasteiger partial charge in [-0.25, -0.2) is 9.18 Å². The Morgan fingerprint density at radius 2 is 2.19 bits per heavy atom. The van der Waals surface area contributed by atoms with Crippen molar-refractivity contribution in [3.63, 3.8) is 0 Å². The van der Waals surface area contributed by atoms with Gasteiger partial charge < -0.3 is 19.9 Å². The number of aromatic nitrogens is 2. The van der Waals surface area contributed by atoms with Crippen LogP contribution < -0.4 is 15.7 Å². The van der Waals surface area contributed by atoms with Crippen LogP contribution in [0.15, 0.2) is 41.8 Å². The lowest BCUT2D eigenvalue weighted by Gasteiger charge is -2.24. The Hall–Kier alpha value is -1.98. The van der Waals surface area contributed by atoms with E-state index in [9.17, 15) is 9.90 Å². The average molecular weight is 541 g/mol. The van der Waals surface area contributed by atoms with Crippen molar-refractivity contribution in [2.24, 2.45) is 5.92 Å². The minimum absolute atomic E-state index is 0.235. The number of alkyl halides is 2. The summed E-state index contributed by atoms with van der Waals surface area (Å²) in [5.41, 5.74) is 1.62. The summed E-state index contributed by atoms with van der Waals surface area (Å²) in [5.74, 6) is 0.524. The standard InChI is InChI=1S/C22H25FIN3O4/c1-12-17(11-28)30-19(22(12,23)24)27-8-7-18(26-20(27)29)25-13(2)14-5-6-15-10-21(3,4)31-16(15)9-14/h5-9,12,17,19,28H,2,10-11H2,1,3-4H3,(H,25,26,29)/t12?,17-,19-,22-/m1/s1. The first-order valence-corrected chi connectivity index (χ1v) is 11.1. The number of benzene rings is 1. The highest BCUT2D eigenvalue weighted by Gasteiger charge is 2.54. The first-order chi connectivity index (χ1) is 14.5. The third-order valence-corrected chi connectivity index (χ3v) is 7.27. The molecule has 166 valence electrons. The predicted octanol–water partition coefficient (Wildman–Crippen LogP) is 3.67. The van der Waals surface area contributed by atoms with Gasteiger partial charge in [-0.05, 0) is 54.1 Å². The van der Waals surface area contributed by atoms with Crippen LogP contribution in [0.5, 0.6) is 5.75 Å². The van der Waals surface area contributed by atoms with Crippen LogP contribution in [0.1, 0.15) is 38.1 Å². The van der Waals surface area contributed by atoms with E-state index in [1.165, 1.54) is 6.20 Å². The van der Waals surface area contributed by atoms with Gasteiger partial charge in [-0.2, -0.15) is 4.98 Å². The number of ether oxygens (including phenoxy) is 2. The fourth-order valence-corrected chi connectivity index (χ4v) is 4.81. The second-order valence-electron chi connectivity index (χ2n) is 8.64. The molecule has 0 amide bonds. The molecule has 4 rings (SSSR count). The lowest BCUT2D eigenvalue weighted by molar-refractivity contribution is -0.0440. The zero-order valence-corrected chi connectivity index (χ0v) is 19.7. The van der Waals surface area contributed by atoms with Gasteiger partial charge in [0.1, 0.15) is 17.2 Å². The molecule has 7 nitrogen and oxygen atoms in total. The second-order valence-corrected chi connectivity index (χ2v) is 10.3. The molecule has 2 N–H and O–H groups in total. The highest BCUT2D eigenvalue weighted by atomic mass is 127. The van der Waals surface area contributed by atoms with Gasteiger partial charge in [0.15, 0.2) is 6.23 Å². The monoisotopic (exact) mass is 541 g/mol. The Labute approximate surface area is 193 Å². The van der Waals surface area contributed by atoms with Crippen molar-refractivity contribution in [2.75, 3.05) is 11.9 Å². The number of hydrogen-bond donors (Lipinski definition) is 2. The molecule has 0 radical (unpaired) electrons. The number of aliphatic hydroxyl groups excluding tert-OH is 1. The molecule has 1 unspecified atom stereocenters. The molecule has 2 aliphatic rings. The van der Waals surface area contributed by atoms with E-state index < -0.39 is 27.6 Å². The molecule has 1 fully saturated rings. The second kappa shape index (κ2) is 7.86. The Kier molecular flexibility index (Phi) is 5.63. The van der Waals surface area contributed by atoms with Crippen LogP contribution in [0.3, 0.4) is 0 Å². The van der Waals surface area contributed by atoms with Crippen molar-refractivity contribution >= 4 is 34.1 Å². The molecule has 2 aromatic rings. The van der Waals surface area contributed by atoms with Gasteiger partial charge >= 0.3 is 5.69 Å². The topological polar surface area (TPSA) is 85.6 Å². The van der Waals surface area contributed by atoms with E-state index in [0.29, 0.717) is 5.70 Å². The molecule has 0 aliphatic carbocycles. The third-order valence-electron chi connectivity index (χ3n) is 5.76. The summed E-state index contributed by atoms with van der Waals surface area (Å²) in [4.78, 5) is 16.6. The van der Waals surface area contributed by atoms with Crippen molar-refractivity contribution in [3.05, 3.63) is 58.7 Å². The summed E-state index contributed by atoms with van der Waals surface area (Å²) < 4.78 is 26.0. The quantitative estimate of drug-likeness (QED) is 0.444. The summed E-state index contributed by atoms with van der Waals surface area (Å²) in [5, 5.41) is 12.4. The number of nitrogens with zero attached hydrogens (tertiary/aromatic N) is 2. The van der Waals surface area contributed by atoms with Crippen molar-refractivity contribution in [1.82, 2.24) is 9.55 Å². The number of rotatable bonds is 5. The Morgan fingerprint density at radius 3 is 2.84 bits per heavy atom. The first-order valence-electron chi connectivity index (χ1n) is 10.0. The molecular formula is C22H25FIN3O4. The van der Waals surface area contributed by atoms with Crippen molar-refractivity contribution < 1.29 is 19.0 Å². The molecule has 4 atom stereocenters. The maximum Gasteiger partial charge on any atom is 0.351 e. The summed E-state index contributed by atoms with van der Waals surface area (Å²) in [7, 11) is 0. The zero-order valence-electron chi connectivity index (χ0n) is 17.6. The maximum atomic E-state index is 15.2. The number of fused-ring (bicyclic) bond motifs is 1. The number of halogens is 2. The van der Waals surface area contributed by atoms with Gasteiger partial charge in [-0.15, -0.1) is 0 Å². The molecular weight excluding hydrogens is 516 g/mol. The normalized spacial score (nSPS) is 28.8. The number of nitrogens with one attached hydrogen (secondary N) is 1. The van der Waals surface area contributed by atoms with Gasteiger partial charge in [0.05, 0.1) is 12.7 Å². The smallest absolute Gasteiger partial charge is 0.351 e. The minimum Gasteiger partial charge on any atom is -0.487 e. The van der Waals surface area contributed by atoms with Crippen LogP contribution in [0, 0.1) is 5.92 Å². The third kappa shape index (κ3) is 4.10. The molecule has 9 heteroatoms. The molecule has 0 saturated carbocycles. The van der Waals surface area contributed by atoms with Gasteiger partial charge in [0.25, 0.3) is 0 Å². The largest absolute Gasteiger partial charge is 0.487 e. The van der Waals surface area contributed by atoms with E-state index in [1.54, 1.807) is 35.6 Å². The highest BCUT2D eigenvalue weighted by molar-refractivity contribution is 14.1. The Morgan fingerprint density at radius 1 is 1.45 bits per heavy atom. The Balaban J connectivity index is 1.52. The van der Waals surface area contributed by atoms with E-state index >= 15 is 4.39 Å². The zero-order chi connectivity index (χ0) is 22.6. The maximum absolute atomic E-state index is 15.2. The average Bonchev–Trinajstić information content (AvgIpc) is 3.13. The van der Waals surface area contributed by atoms with E-state index in [2.05, 4.69) is 16.9 Å². The fraction of sp³-hybridized carbons (Fsp3) is 0.455. The first kappa shape index (κ1) is 22.2. The van der Waals surface area contributed by atoms with Crippen molar-refractivity contribution in [1.29, 1.82) is 0 Å². The van der Waals surface area contributed by atoms with Gasteiger partial charge in [-0.3, -0.25) is 4.57 Å². The van der Waals surface area contributed by atoms with Crippen LogP contribution in [0.25, 0.3) is 5.70 Å². The van der Waals surface area contributed by atoms with Crippen LogP contribution in [-0.2, 0) is 11.2 Å². The number of aliphatic hydroxyl groups is 1. The molecule has 1 aromatic heterocycles. The van der Waals surface area contributed by atoms with Gasteiger partial charge in [0, 0.05) is 29.8 Å². The number of hydrogen-bond acceptors (Lipinski definition) is 6.